The first-order valence-electron chi connectivity index (χ1n) is 7.48. The van der Waals surface area contributed by atoms with Crippen LogP contribution in [0.4, 0.5) is 5.69 Å². The van der Waals surface area contributed by atoms with Crippen LogP contribution < -0.4 is 10.1 Å². The third kappa shape index (κ3) is 3.34. The number of hydrogen-bond donors (Lipinski definition) is 1. The van der Waals surface area contributed by atoms with E-state index >= 15 is 0 Å². The molecule has 1 N–H and O–H groups in total. The molecule has 0 aliphatic rings. The average Bonchev–Trinajstić information content (AvgIpc) is 2.97. The smallest absolute Gasteiger partial charge is 0.228 e. The molecule has 23 heavy (non-hydrogen) atoms. The summed E-state index contributed by atoms with van der Waals surface area (Å²) in [7, 11) is 1.55. The Morgan fingerprint density at radius 3 is 2.87 bits per heavy atom. The number of benzene rings is 1. The largest absolute Gasteiger partial charge is 0.481 e. The van der Waals surface area contributed by atoms with Gasteiger partial charge in [0.15, 0.2) is 0 Å². The Kier molecular flexibility index (Phi) is 4.28. The molecule has 118 valence electrons. The van der Waals surface area contributed by atoms with Crippen molar-refractivity contribution in [1.29, 1.82) is 0 Å². The third-order valence-corrected chi connectivity index (χ3v) is 3.71. The number of rotatable bonds is 5. The van der Waals surface area contributed by atoms with E-state index in [0.29, 0.717) is 11.6 Å². The summed E-state index contributed by atoms with van der Waals surface area (Å²) in [6, 6.07) is 9.55. The van der Waals surface area contributed by atoms with Gasteiger partial charge in [0.25, 0.3) is 0 Å². The number of hydrogen-bond acceptors (Lipinski definition) is 4. The minimum Gasteiger partial charge on any atom is -0.481 e. The van der Waals surface area contributed by atoms with Crippen LogP contribution in [0, 0.1) is 0 Å². The fourth-order valence-electron chi connectivity index (χ4n) is 2.44. The Morgan fingerprint density at radius 2 is 2.17 bits per heavy atom. The van der Waals surface area contributed by atoms with Gasteiger partial charge in [-0.2, -0.15) is 0 Å². The predicted octanol–water partition coefficient (Wildman–Crippen LogP) is 3.58. The molecular weight excluding hydrogens is 292 g/mol. The van der Waals surface area contributed by atoms with Crippen molar-refractivity contribution < 1.29 is 13.9 Å². The van der Waals surface area contributed by atoms with Gasteiger partial charge < -0.3 is 14.5 Å². The molecule has 1 amide bonds. The zero-order chi connectivity index (χ0) is 16.2. The monoisotopic (exact) mass is 310 g/mol. The number of amides is 1. The highest BCUT2D eigenvalue weighted by Crippen LogP contribution is 2.23. The number of aromatic nitrogens is 1. The normalized spacial score (nSPS) is 10.7. The Bertz CT molecular complexity index is 822. The Labute approximate surface area is 134 Å². The van der Waals surface area contributed by atoms with Gasteiger partial charge in [0, 0.05) is 17.0 Å². The second-order valence-electron chi connectivity index (χ2n) is 5.26. The van der Waals surface area contributed by atoms with Gasteiger partial charge in [0.1, 0.15) is 5.58 Å². The molecule has 0 aliphatic heterocycles. The van der Waals surface area contributed by atoms with Crippen molar-refractivity contribution in [1.82, 2.24) is 4.98 Å². The first kappa shape index (κ1) is 15.1. The summed E-state index contributed by atoms with van der Waals surface area (Å²) in [4.78, 5) is 16.3. The number of aryl methyl sites for hydroxylation is 1. The Morgan fingerprint density at radius 1 is 1.30 bits per heavy atom. The number of furan rings is 1. The molecule has 2 aromatic heterocycles. The van der Waals surface area contributed by atoms with E-state index in [1.807, 2.05) is 12.1 Å². The van der Waals surface area contributed by atoms with E-state index in [9.17, 15) is 4.79 Å². The molecule has 2 heterocycles. The molecule has 1 aromatic carbocycles. The van der Waals surface area contributed by atoms with Crippen molar-refractivity contribution in [2.45, 2.75) is 19.8 Å². The molecule has 0 atom stereocenters. The maximum Gasteiger partial charge on any atom is 0.228 e. The minimum absolute atomic E-state index is 0.112. The molecule has 0 bridgehead atoms. The molecule has 0 fully saturated rings. The van der Waals surface area contributed by atoms with E-state index in [0.717, 1.165) is 23.0 Å². The molecule has 0 aliphatic carbocycles. The van der Waals surface area contributed by atoms with Gasteiger partial charge in [-0.15, -0.1) is 0 Å². The SMILES string of the molecule is CCc1ccc2c(CC(=O)Nc3ccc(OC)nc3)coc2c1. The van der Waals surface area contributed by atoms with Crippen LogP contribution in [-0.2, 0) is 17.6 Å². The summed E-state index contributed by atoms with van der Waals surface area (Å²) in [5, 5.41) is 3.80. The lowest BCUT2D eigenvalue weighted by molar-refractivity contribution is -0.115. The van der Waals surface area contributed by atoms with Crippen LogP contribution in [0.5, 0.6) is 5.88 Å². The molecular formula is C18H18N2O3. The highest BCUT2D eigenvalue weighted by atomic mass is 16.5. The van der Waals surface area contributed by atoms with Gasteiger partial charge in [-0.1, -0.05) is 19.1 Å². The quantitative estimate of drug-likeness (QED) is 0.782. The number of anilines is 1. The van der Waals surface area contributed by atoms with Crippen LogP contribution in [0.2, 0.25) is 0 Å². The molecule has 0 unspecified atom stereocenters. The summed E-state index contributed by atoms with van der Waals surface area (Å²) in [6.45, 7) is 2.10. The molecule has 0 saturated heterocycles. The standard InChI is InChI=1S/C18H18N2O3/c1-3-12-4-6-15-13(11-23-16(15)8-12)9-17(21)20-14-5-7-18(22-2)19-10-14/h4-8,10-11H,3,9H2,1-2H3,(H,20,21). The van der Waals surface area contributed by atoms with Crippen molar-refractivity contribution in [3.05, 3.63) is 53.9 Å². The maximum atomic E-state index is 12.2. The number of pyridine rings is 1. The molecule has 5 heteroatoms. The zero-order valence-electron chi connectivity index (χ0n) is 13.1. The van der Waals surface area contributed by atoms with Crippen LogP contribution in [0.1, 0.15) is 18.1 Å². The second-order valence-corrected chi connectivity index (χ2v) is 5.26. The lowest BCUT2D eigenvalue weighted by Gasteiger charge is -2.05. The topological polar surface area (TPSA) is 64.4 Å². The predicted molar refractivity (Wildman–Crippen MR) is 88.7 cm³/mol. The maximum absolute atomic E-state index is 12.2. The van der Waals surface area contributed by atoms with E-state index < -0.39 is 0 Å². The van der Waals surface area contributed by atoms with Gasteiger partial charge in [-0.05, 0) is 24.1 Å². The van der Waals surface area contributed by atoms with Crippen molar-refractivity contribution in [2.75, 3.05) is 12.4 Å². The average molecular weight is 310 g/mol. The van der Waals surface area contributed by atoms with E-state index in [4.69, 9.17) is 9.15 Å². The van der Waals surface area contributed by atoms with Crippen LogP contribution >= 0.6 is 0 Å². The lowest BCUT2D eigenvalue weighted by atomic mass is 10.1. The van der Waals surface area contributed by atoms with Crippen molar-refractivity contribution in [3.63, 3.8) is 0 Å². The van der Waals surface area contributed by atoms with Crippen LogP contribution in [0.15, 0.2) is 47.2 Å². The number of nitrogens with one attached hydrogen (secondary N) is 1. The molecule has 3 aromatic rings. The number of carbonyl (C=O) groups is 1. The highest BCUT2D eigenvalue weighted by molar-refractivity contribution is 5.95. The van der Waals surface area contributed by atoms with E-state index in [1.165, 1.54) is 5.56 Å². The summed E-state index contributed by atoms with van der Waals surface area (Å²) in [5.74, 6) is 0.398. The molecule has 0 radical (unpaired) electrons. The van der Waals surface area contributed by atoms with E-state index in [-0.39, 0.29) is 12.3 Å². The fourth-order valence-corrected chi connectivity index (χ4v) is 2.44. The van der Waals surface area contributed by atoms with Gasteiger partial charge in [-0.25, -0.2) is 4.98 Å². The number of ether oxygens (including phenoxy) is 1. The number of fused-ring (bicyclic) bond motifs is 1. The number of nitrogens with zero attached hydrogens (tertiary/aromatic N) is 1. The third-order valence-electron chi connectivity index (χ3n) is 3.71. The molecule has 3 rings (SSSR count). The summed E-state index contributed by atoms with van der Waals surface area (Å²) < 4.78 is 10.6. The van der Waals surface area contributed by atoms with E-state index in [2.05, 4.69) is 23.3 Å². The summed E-state index contributed by atoms with van der Waals surface area (Å²) in [5.41, 5.74) is 3.55. The summed E-state index contributed by atoms with van der Waals surface area (Å²) >= 11 is 0. The fraction of sp³-hybridized carbons (Fsp3) is 0.222. The highest BCUT2D eigenvalue weighted by Gasteiger charge is 2.11. The van der Waals surface area contributed by atoms with Gasteiger partial charge in [0.2, 0.25) is 11.8 Å². The van der Waals surface area contributed by atoms with Gasteiger partial charge >= 0.3 is 0 Å². The Balaban J connectivity index is 1.72. The van der Waals surface area contributed by atoms with Crippen molar-refractivity contribution >= 4 is 22.6 Å². The van der Waals surface area contributed by atoms with Crippen LogP contribution in [0.25, 0.3) is 11.0 Å². The van der Waals surface area contributed by atoms with Gasteiger partial charge in [0.05, 0.1) is 31.7 Å². The van der Waals surface area contributed by atoms with E-state index in [1.54, 1.807) is 31.7 Å². The van der Waals surface area contributed by atoms with Gasteiger partial charge in [-0.3, -0.25) is 4.79 Å². The zero-order valence-corrected chi connectivity index (χ0v) is 13.1. The van der Waals surface area contributed by atoms with Crippen LogP contribution in [0.3, 0.4) is 0 Å². The van der Waals surface area contributed by atoms with Crippen LogP contribution in [-0.4, -0.2) is 18.0 Å². The number of methoxy groups -OCH3 is 1. The molecule has 0 saturated carbocycles. The first-order chi connectivity index (χ1) is 11.2. The molecule has 5 nitrogen and oxygen atoms in total. The van der Waals surface area contributed by atoms with Crippen molar-refractivity contribution in [2.24, 2.45) is 0 Å². The number of carbonyl (C=O) groups excluding carboxylic acids is 1. The van der Waals surface area contributed by atoms with Crippen molar-refractivity contribution in [3.8, 4) is 5.88 Å². The summed E-state index contributed by atoms with van der Waals surface area (Å²) in [6.07, 6.45) is 4.43. The Hall–Kier alpha value is -2.82. The second kappa shape index (κ2) is 6.52. The lowest BCUT2D eigenvalue weighted by Crippen LogP contribution is -2.14. The first-order valence-corrected chi connectivity index (χ1v) is 7.48. The molecule has 0 spiro atoms. The minimum atomic E-state index is -0.112.